The molecule has 4 nitrogen and oxygen atoms in total. The summed E-state index contributed by atoms with van der Waals surface area (Å²) >= 11 is 0. The summed E-state index contributed by atoms with van der Waals surface area (Å²) in [6.45, 7) is 5.83. The quantitative estimate of drug-likeness (QED) is 0.859. The topological polar surface area (TPSA) is 43.0 Å². The van der Waals surface area contributed by atoms with Gasteiger partial charge in [0.25, 0.3) is 0 Å². The highest BCUT2D eigenvalue weighted by Crippen LogP contribution is 2.21. The molecule has 2 heterocycles. The number of aromatic nitrogens is 3. The number of aliphatic hydroxyl groups is 1. The molecule has 2 aromatic heterocycles. The van der Waals surface area contributed by atoms with Crippen LogP contribution in [-0.2, 0) is 13.1 Å². The summed E-state index contributed by atoms with van der Waals surface area (Å²) in [7, 11) is 0. The predicted octanol–water partition coefficient (Wildman–Crippen LogP) is 2.07. The summed E-state index contributed by atoms with van der Waals surface area (Å²) in [4.78, 5) is 4.00. The van der Waals surface area contributed by atoms with Crippen molar-refractivity contribution in [2.75, 3.05) is 0 Å². The van der Waals surface area contributed by atoms with Crippen LogP contribution in [0.1, 0.15) is 25.5 Å². The van der Waals surface area contributed by atoms with E-state index in [9.17, 15) is 5.11 Å². The van der Waals surface area contributed by atoms with E-state index >= 15 is 0 Å². The zero-order valence-corrected chi connectivity index (χ0v) is 10.3. The number of aliphatic hydroxyl groups excluding tert-OH is 1. The molecule has 1 N–H and O–H groups in total. The molecular formula is C13H19N3O. The van der Waals surface area contributed by atoms with Gasteiger partial charge in [0, 0.05) is 37.9 Å². The first kappa shape index (κ1) is 11.9. The van der Waals surface area contributed by atoms with Crippen LogP contribution < -0.4 is 0 Å². The van der Waals surface area contributed by atoms with Crippen molar-refractivity contribution in [1.82, 2.24) is 14.1 Å². The molecule has 0 amide bonds. The Balaban J connectivity index is 1.94. The van der Waals surface area contributed by atoms with Gasteiger partial charge >= 0.3 is 0 Å². The first-order valence-corrected chi connectivity index (χ1v) is 5.96. The van der Waals surface area contributed by atoms with Crippen LogP contribution >= 0.6 is 0 Å². The number of imidazole rings is 1. The third-order valence-electron chi connectivity index (χ3n) is 2.92. The van der Waals surface area contributed by atoms with Gasteiger partial charge in [0.05, 0.1) is 12.4 Å². The van der Waals surface area contributed by atoms with E-state index < -0.39 is 0 Å². The first-order chi connectivity index (χ1) is 8.16. The second-order valence-electron chi connectivity index (χ2n) is 4.67. The second-order valence-corrected chi connectivity index (χ2v) is 4.67. The molecule has 0 bridgehead atoms. The van der Waals surface area contributed by atoms with Crippen LogP contribution in [0.2, 0.25) is 0 Å². The minimum atomic E-state index is -0.371. The Morgan fingerprint density at radius 1 is 1.24 bits per heavy atom. The Kier molecular flexibility index (Phi) is 3.64. The minimum absolute atomic E-state index is 0.250. The standard InChI is InChI=1S/C13H19N3O/c1-11(2)13(17)12-3-5-15(9-12)7-8-16-6-4-14-10-16/h3-6,9-11,13,17H,7-8H2,1-2H3. The minimum Gasteiger partial charge on any atom is -0.388 e. The monoisotopic (exact) mass is 233 g/mol. The maximum absolute atomic E-state index is 9.93. The fourth-order valence-electron chi connectivity index (χ4n) is 1.81. The Morgan fingerprint density at radius 3 is 2.65 bits per heavy atom. The van der Waals surface area contributed by atoms with Crippen LogP contribution in [-0.4, -0.2) is 19.2 Å². The van der Waals surface area contributed by atoms with Crippen molar-refractivity contribution in [1.29, 1.82) is 0 Å². The first-order valence-electron chi connectivity index (χ1n) is 5.96. The van der Waals surface area contributed by atoms with Gasteiger partial charge in [-0.05, 0) is 17.5 Å². The van der Waals surface area contributed by atoms with Crippen molar-refractivity contribution in [3.8, 4) is 0 Å². The molecule has 0 spiro atoms. The molecule has 0 fully saturated rings. The highest BCUT2D eigenvalue weighted by atomic mass is 16.3. The third-order valence-corrected chi connectivity index (χ3v) is 2.92. The van der Waals surface area contributed by atoms with Gasteiger partial charge in [0.15, 0.2) is 0 Å². The van der Waals surface area contributed by atoms with E-state index in [1.54, 1.807) is 6.20 Å². The van der Waals surface area contributed by atoms with Crippen molar-refractivity contribution >= 4 is 0 Å². The van der Waals surface area contributed by atoms with Gasteiger partial charge in [-0.15, -0.1) is 0 Å². The van der Waals surface area contributed by atoms with Gasteiger partial charge in [-0.1, -0.05) is 13.8 Å². The molecular weight excluding hydrogens is 214 g/mol. The zero-order chi connectivity index (χ0) is 12.3. The van der Waals surface area contributed by atoms with Gasteiger partial charge in [0.2, 0.25) is 0 Å². The Morgan fingerprint density at radius 2 is 2.00 bits per heavy atom. The smallest absolute Gasteiger partial charge is 0.0946 e. The molecule has 1 unspecified atom stereocenters. The summed E-state index contributed by atoms with van der Waals surface area (Å²) < 4.78 is 4.14. The highest BCUT2D eigenvalue weighted by Gasteiger charge is 2.12. The van der Waals surface area contributed by atoms with Gasteiger partial charge in [-0.25, -0.2) is 4.98 Å². The van der Waals surface area contributed by atoms with Crippen molar-refractivity contribution in [2.24, 2.45) is 5.92 Å². The maximum atomic E-state index is 9.93. The number of aryl methyl sites for hydroxylation is 2. The van der Waals surface area contributed by atoms with E-state index in [1.165, 1.54) is 0 Å². The number of hydrogen-bond donors (Lipinski definition) is 1. The number of hydrogen-bond acceptors (Lipinski definition) is 2. The van der Waals surface area contributed by atoms with Crippen LogP contribution in [0.5, 0.6) is 0 Å². The second kappa shape index (κ2) is 5.19. The lowest BCUT2D eigenvalue weighted by Crippen LogP contribution is -2.06. The van der Waals surface area contributed by atoms with Crippen molar-refractivity contribution in [2.45, 2.75) is 33.0 Å². The molecule has 0 aliphatic carbocycles. The van der Waals surface area contributed by atoms with Gasteiger partial charge in [-0.3, -0.25) is 0 Å². The van der Waals surface area contributed by atoms with E-state index in [0.717, 1.165) is 18.7 Å². The number of rotatable bonds is 5. The van der Waals surface area contributed by atoms with Gasteiger partial charge < -0.3 is 14.2 Å². The molecule has 2 aromatic rings. The van der Waals surface area contributed by atoms with Crippen LogP contribution in [0, 0.1) is 5.92 Å². The van der Waals surface area contributed by atoms with Gasteiger partial charge in [-0.2, -0.15) is 0 Å². The van der Waals surface area contributed by atoms with Gasteiger partial charge in [0.1, 0.15) is 0 Å². The fraction of sp³-hybridized carbons (Fsp3) is 0.462. The summed E-state index contributed by atoms with van der Waals surface area (Å²) in [5.74, 6) is 0.250. The molecule has 0 radical (unpaired) electrons. The van der Waals surface area contributed by atoms with E-state index in [1.807, 2.05) is 49.4 Å². The maximum Gasteiger partial charge on any atom is 0.0946 e. The third kappa shape index (κ3) is 2.97. The van der Waals surface area contributed by atoms with Crippen LogP contribution in [0.3, 0.4) is 0 Å². The van der Waals surface area contributed by atoms with Crippen molar-refractivity contribution < 1.29 is 5.11 Å². The average Bonchev–Trinajstić information content (AvgIpc) is 2.96. The molecule has 0 aliphatic heterocycles. The lowest BCUT2D eigenvalue weighted by atomic mass is 10.0. The molecule has 0 saturated heterocycles. The summed E-state index contributed by atoms with van der Waals surface area (Å²) in [6, 6.07) is 1.98. The summed E-state index contributed by atoms with van der Waals surface area (Å²) in [5.41, 5.74) is 0.991. The molecule has 0 aromatic carbocycles. The molecule has 0 saturated carbocycles. The Bertz CT molecular complexity index is 445. The summed E-state index contributed by atoms with van der Waals surface area (Å²) in [5, 5.41) is 9.93. The Labute approximate surface area is 102 Å². The van der Waals surface area contributed by atoms with Crippen molar-refractivity contribution in [3.63, 3.8) is 0 Å². The molecule has 2 rings (SSSR count). The highest BCUT2D eigenvalue weighted by molar-refractivity contribution is 5.14. The molecule has 4 heteroatoms. The van der Waals surface area contributed by atoms with E-state index in [2.05, 4.69) is 9.55 Å². The van der Waals surface area contributed by atoms with Crippen LogP contribution in [0.4, 0.5) is 0 Å². The normalized spacial score (nSPS) is 13.2. The molecule has 92 valence electrons. The van der Waals surface area contributed by atoms with E-state index in [0.29, 0.717) is 0 Å². The lowest BCUT2D eigenvalue weighted by molar-refractivity contribution is 0.127. The van der Waals surface area contributed by atoms with Crippen LogP contribution in [0.15, 0.2) is 37.2 Å². The largest absolute Gasteiger partial charge is 0.388 e. The predicted molar refractivity (Wildman–Crippen MR) is 66.5 cm³/mol. The zero-order valence-electron chi connectivity index (χ0n) is 10.3. The average molecular weight is 233 g/mol. The molecule has 1 atom stereocenters. The summed E-state index contributed by atoms with van der Waals surface area (Å²) in [6.07, 6.45) is 9.20. The van der Waals surface area contributed by atoms with Crippen LogP contribution in [0.25, 0.3) is 0 Å². The Hall–Kier alpha value is -1.55. The molecule has 17 heavy (non-hydrogen) atoms. The molecule has 0 aliphatic rings. The fourth-order valence-corrected chi connectivity index (χ4v) is 1.81. The SMILES string of the molecule is CC(C)C(O)c1ccn(CCn2ccnc2)c1. The van der Waals surface area contributed by atoms with E-state index in [4.69, 9.17) is 0 Å². The van der Waals surface area contributed by atoms with E-state index in [-0.39, 0.29) is 12.0 Å². The number of nitrogens with zero attached hydrogens (tertiary/aromatic N) is 3. The van der Waals surface area contributed by atoms with Crippen molar-refractivity contribution in [3.05, 3.63) is 42.7 Å². The lowest BCUT2D eigenvalue weighted by Gasteiger charge is -2.12.